The van der Waals surface area contributed by atoms with Crippen molar-refractivity contribution in [3.8, 4) is 0 Å². The van der Waals surface area contributed by atoms with Gasteiger partial charge in [0.2, 0.25) is 0 Å². The van der Waals surface area contributed by atoms with E-state index in [2.05, 4.69) is 25.2 Å². The van der Waals surface area contributed by atoms with Gasteiger partial charge in [0.25, 0.3) is 0 Å². The van der Waals surface area contributed by atoms with Crippen molar-refractivity contribution in [1.82, 2.24) is 15.0 Å². The molecule has 8 nitrogen and oxygen atoms in total. The van der Waals surface area contributed by atoms with Gasteiger partial charge in [-0.2, -0.15) is 4.98 Å². The largest absolute Gasteiger partial charge is 0.508 e. The summed E-state index contributed by atoms with van der Waals surface area (Å²) in [4.78, 5) is 15.6. The van der Waals surface area contributed by atoms with E-state index in [-0.39, 0.29) is 6.10 Å². The van der Waals surface area contributed by atoms with Crippen LogP contribution in [0.3, 0.4) is 0 Å². The van der Waals surface area contributed by atoms with Gasteiger partial charge in [-0.25, -0.2) is 4.98 Å². The number of aromatic nitrogens is 3. The molecular formula is C22H23N5O3. The highest BCUT2D eigenvalue weighted by molar-refractivity contribution is 5.74. The van der Waals surface area contributed by atoms with Crippen LogP contribution < -0.4 is 10.2 Å². The van der Waals surface area contributed by atoms with Gasteiger partial charge in [-0.1, -0.05) is 18.2 Å². The Labute approximate surface area is 173 Å². The van der Waals surface area contributed by atoms with E-state index >= 15 is 0 Å². The minimum atomic E-state index is -0.00546. The van der Waals surface area contributed by atoms with E-state index in [4.69, 9.17) is 9.15 Å². The molecule has 0 radical (unpaired) electrons. The first kappa shape index (κ1) is 18.5. The van der Waals surface area contributed by atoms with Gasteiger partial charge in [0.15, 0.2) is 17.2 Å². The number of benzene rings is 1. The second-order valence-corrected chi connectivity index (χ2v) is 7.45. The number of para-hydroxylation sites is 2. The lowest BCUT2D eigenvalue weighted by Crippen LogP contribution is -2.40. The second-order valence-electron chi connectivity index (χ2n) is 7.45. The Morgan fingerprint density at radius 3 is 3.03 bits per heavy atom. The maximum atomic E-state index is 10.1. The summed E-state index contributed by atoms with van der Waals surface area (Å²) in [5, 5.41) is 13.2. The molecule has 1 atom stereocenters. The van der Waals surface area contributed by atoms with Crippen LogP contribution in [0.4, 0.5) is 17.7 Å². The minimum Gasteiger partial charge on any atom is -0.508 e. The van der Waals surface area contributed by atoms with Crippen LogP contribution in [0.15, 0.2) is 64.7 Å². The van der Waals surface area contributed by atoms with Crippen molar-refractivity contribution in [2.24, 2.45) is 0 Å². The maximum absolute atomic E-state index is 10.1. The van der Waals surface area contributed by atoms with Crippen molar-refractivity contribution >= 4 is 28.8 Å². The summed E-state index contributed by atoms with van der Waals surface area (Å²) in [6.07, 6.45) is 10.7. The van der Waals surface area contributed by atoms with Crippen molar-refractivity contribution in [1.29, 1.82) is 0 Å². The van der Waals surface area contributed by atoms with Gasteiger partial charge in [-0.15, -0.1) is 0 Å². The quantitative estimate of drug-likeness (QED) is 0.642. The summed E-state index contributed by atoms with van der Waals surface area (Å²) in [6, 6.07) is 7.98. The Bertz CT molecular complexity index is 1070. The lowest BCUT2D eigenvalue weighted by atomic mass is 10.1. The molecular weight excluding hydrogens is 382 g/mol. The molecule has 0 amide bonds. The number of hydrogen-bond donors (Lipinski definition) is 2. The molecule has 1 aromatic carbocycles. The fourth-order valence-electron chi connectivity index (χ4n) is 3.76. The number of allylic oxidation sites excluding steroid dienone is 3. The number of nitrogens with one attached hydrogen (secondary N) is 1. The molecule has 5 rings (SSSR count). The molecule has 2 N–H and O–H groups in total. The van der Waals surface area contributed by atoms with Crippen molar-refractivity contribution in [2.75, 3.05) is 23.3 Å². The number of piperidine rings is 1. The normalized spacial score (nSPS) is 19.3. The Morgan fingerprint density at radius 1 is 1.20 bits per heavy atom. The molecule has 0 saturated carbocycles. The number of anilines is 3. The van der Waals surface area contributed by atoms with Gasteiger partial charge in [0, 0.05) is 13.0 Å². The minimum absolute atomic E-state index is 0.00546. The molecule has 154 valence electrons. The number of rotatable bonds is 5. The number of aliphatic hydroxyl groups excluding tert-OH is 1. The van der Waals surface area contributed by atoms with E-state index in [1.165, 1.54) is 0 Å². The average Bonchev–Trinajstić information content (AvgIpc) is 3.18. The molecule has 0 bridgehead atoms. The van der Waals surface area contributed by atoms with E-state index < -0.39 is 0 Å². The van der Waals surface area contributed by atoms with E-state index in [9.17, 15) is 5.11 Å². The fraction of sp³-hybridized carbons (Fsp3) is 0.318. The number of ether oxygens (including phenoxy) is 1. The topological polar surface area (TPSA) is 96.5 Å². The number of fused-ring (bicyclic) bond motifs is 1. The SMILES string of the molecule is OC1=C(OC2CCCN(c3cncc(Nc4nc5ccccc5o4)n3)C2)C=CCC1. The van der Waals surface area contributed by atoms with Crippen molar-refractivity contribution in [2.45, 2.75) is 31.8 Å². The number of nitrogens with zero attached hydrogens (tertiary/aromatic N) is 4. The molecule has 0 spiro atoms. The molecule has 1 saturated heterocycles. The number of aliphatic hydroxyl groups is 1. The third kappa shape index (κ3) is 3.94. The zero-order valence-corrected chi connectivity index (χ0v) is 16.5. The van der Waals surface area contributed by atoms with Crippen molar-refractivity contribution < 1.29 is 14.3 Å². The van der Waals surface area contributed by atoms with Gasteiger partial charge in [0.1, 0.15) is 23.2 Å². The second kappa shape index (κ2) is 8.06. The molecule has 3 aromatic rings. The molecule has 1 aliphatic heterocycles. The first-order valence-corrected chi connectivity index (χ1v) is 10.2. The first-order chi connectivity index (χ1) is 14.7. The molecule has 1 fully saturated rings. The third-order valence-corrected chi connectivity index (χ3v) is 5.25. The average molecular weight is 405 g/mol. The van der Waals surface area contributed by atoms with Gasteiger partial charge in [-0.3, -0.25) is 10.3 Å². The van der Waals surface area contributed by atoms with E-state index in [1.54, 1.807) is 12.4 Å². The van der Waals surface area contributed by atoms with Gasteiger partial charge in [0.05, 0.1) is 18.9 Å². The third-order valence-electron chi connectivity index (χ3n) is 5.25. The van der Waals surface area contributed by atoms with Crippen molar-refractivity contribution in [3.05, 3.63) is 60.3 Å². The monoisotopic (exact) mass is 405 g/mol. The van der Waals surface area contributed by atoms with Crippen LogP contribution in [0, 0.1) is 0 Å². The van der Waals surface area contributed by atoms with Crippen LogP contribution in [0.5, 0.6) is 0 Å². The summed E-state index contributed by atoms with van der Waals surface area (Å²) < 4.78 is 11.8. The van der Waals surface area contributed by atoms with E-state index in [0.717, 1.165) is 42.7 Å². The Balaban J connectivity index is 1.29. The van der Waals surface area contributed by atoms with Crippen LogP contribution in [0.2, 0.25) is 0 Å². The Hall–Kier alpha value is -3.55. The predicted molar refractivity (Wildman–Crippen MR) is 114 cm³/mol. The summed E-state index contributed by atoms with van der Waals surface area (Å²) in [7, 11) is 0. The summed E-state index contributed by atoms with van der Waals surface area (Å²) in [5.74, 6) is 2.25. The van der Waals surface area contributed by atoms with Crippen LogP contribution in [0.25, 0.3) is 11.1 Å². The molecule has 1 unspecified atom stereocenters. The zero-order chi connectivity index (χ0) is 20.3. The summed E-state index contributed by atoms with van der Waals surface area (Å²) in [5.41, 5.74) is 1.50. The van der Waals surface area contributed by atoms with E-state index in [1.807, 2.05) is 36.4 Å². The number of oxazole rings is 1. The lowest BCUT2D eigenvalue weighted by Gasteiger charge is -2.34. The van der Waals surface area contributed by atoms with Crippen LogP contribution in [0.1, 0.15) is 25.7 Å². The maximum Gasteiger partial charge on any atom is 0.301 e. The fourth-order valence-corrected chi connectivity index (χ4v) is 3.76. The highest BCUT2D eigenvalue weighted by Crippen LogP contribution is 2.26. The number of hydrogen-bond acceptors (Lipinski definition) is 8. The summed E-state index contributed by atoms with van der Waals surface area (Å²) >= 11 is 0. The standard InChI is InChI=1S/C22H23N5O3/c28-17-8-2-4-10-19(17)29-15-6-5-11-27(14-15)21-13-23-12-20(25-21)26-22-24-16-7-1-3-9-18(16)30-22/h1,3-4,7,9-10,12-13,15,28H,2,5-6,8,11,14H2,(H,24,25,26). The molecule has 8 heteroatoms. The zero-order valence-electron chi connectivity index (χ0n) is 16.5. The molecule has 2 aliphatic rings. The van der Waals surface area contributed by atoms with Crippen molar-refractivity contribution in [3.63, 3.8) is 0 Å². The summed E-state index contributed by atoms with van der Waals surface area (Å²) in [6.45, 7) is 1.56. The first-order valence-electron chi connectivity index (χ1n) is 10.2. The predicted octanol–water partition coefficient (Wildman–Crippen LogP) is 4.47. The van der Waals surface area contributed by atoms with Gasteiger partial charge in [-0.05, 0) is 37.5 Å². The van der Waals surface area contributed by atoms with Crippen LogP contribution in [-0.2, 0) is 4.74 Å². The molecule has 30 heavy (non-hydrogen) atoms. The smallest absolute Gasteiger partial charge is 0.301 e. The van der Waals surface area contributed by atoms with E-state index in [0.29, 0.717) is 36.3 Å². The van der Waals surface area contributed by atoms with Crippen LogP contribution >= 0.6 is 0 Å². The highest BCUT2D eigenvalue weighted by Gasteiger charge is 2.24. The van der Waals surface area contributed by atoms with Gasteiger partial charge < -0.3 is 19.2 Å². The highest BCUT2D eigenvalue weighted by atomic mass is 16.5. The van der Waals surface area contributed by atoms with Gasteiger partial charge >= 0.3 is 6.01 Å². The van der Waals surface area contributed by atoms with Crippen LogP contribution in [-0.4, -0.2) is 39.3 Å². The Morgan fingerprint density at radius 2 is 2.13 bits per heavy atom. The molecule has 1 aliphatic carbocycles. The molecule has 2 aromatic heterocycles. The lowest BCUT2D eigenvalue weighted by molar-refractivity contribution is 0.0972. The Kier molecular flexibility index (Phi) is 4.96. The molecule has 3 heterocycles.